The summed E-state index contributed by atoms with van der Waals surface area (Å²) in [6, 6.07) is 13.8. The van der Waals surface area contributed by atoms with Crippen molar-refractivity contribution in [3.63, 3.8) is 0 Å². The predicted molar refractivity (Wildman–Crippen MR) is 131 cm³/mol. The molecule has 0 aliphatic rings. The zero-order chi connectivity index (χ0) is 22.8. The van der Waals surface area contributed by atoms with Crippen LogP contribution in [0.25, 0.3) is 0 Å². The Hall–Kier alpha value is -3.33. The highest BCUT2D eigenvalue weighted by atomic mass is 35.5. The van der Waals surface area contributed by atoms with Crippen molar-refractivity contribution in [2.24, 2.45) is 0 Å². The topological polar surface area (TPSA) is 91.3 Å². The largest absolute Gasteiger partial charge is 0.502 e. The first-order valence-electron chi connectivity index (χ1n) is 9.85. The molecule has 3 N–H and O–H groups in total. The van der Waals surface area contributed by atoms with Gasteiger partial charge in [0, 0.05) is 24.1 Å². The Balaban J connectivity index is 0.00000204. The van der Waals surface area contributed by atoms with E-state index in [1.165, 1.54) is 6.07 Å². The van der Waals surface area contributed by atoms with E-state index >= 15 is 0 Å². The number of hydrogen-bond acceptors (Lipinski definition) is 6. The SMILES string of the molecule is CC(NC(c1ccncc1)c1cccc(Nc2c(O)c(=O)c2=O)c1)c1ccc(F)c(F)c1.Cl.Cl. The summed E-state index contributed by atoms with van der Waals surface area (Å²) in [6.07, 6.45) is 3.30. The molecule has 0 radical (unpaired) electrons. The van der Waals surface area contributed by atoms with Crippen LogP contribution in [0, 0.1) is 11.6 Å². The quantitative estimate of drug-likeness (QED) is 0.314. The van der Waals surface area contributed by atoms with E-state index in [0.29, 0.717) is 11.3 Å². The van der Waals surface area contributed by atoms with E-state index < -0.39 is 28.2 Å². The number of hydrogen-bond donors (Lipinski definition) is 3. The minimum Gasteiger partial charge on any atom is -0.502 e. The highest BCUT2D eigenvalue weighted by Crippen LogP contribution is 2.29. The molecular formula is C24H21Cl2F2N3O3. The summed E-state index contributed by atoms with van der Waals surface area (Å²) in [5, 5.41) is 15.8. The molecule has 10 heteroatoms. The van der Waals surface area contributed by atoms with Gasteiger partial charge in [0.25, 0.3) is 10.9 Å². The molecule has 0 spiro atoms. The Bertz CT molecular complexity index is 1350. The van der Waals surface area contributed by atoms with E-state index in [0.717, 1.165) is 23.3 Å². The highest BCUT2D eigenvalue weighted by Gasteiger charge is 2.22. The van der Waals surface area contributed by atoms with Crippen molar-refractivity contribution in [1.29, 1.82) is 0 Å². The molecule has 0 aliphatic heterocycles. The number of pyridine rings is 1. The van der Waals surface area contributed by atoms with E-state index in [4.69, 9.17) is 0 Å². The van der Waals surface area contributed by atoms with Gasteiger partial charge in [-0.1, -0.05) is 18.2 Å². The molecule has 0 saturated carbocycles. The minimum atomic E-state index is -0.921. The van der Waals surface area contributed by atoms with Gasteiger partial charge in [-0.3, -0.25) is 19.9 Å². The fraction of sp³-hybridized carbons (Fsp3) is 0.125. The number of anilines is 2. The van der Waals surface area contributed by atoms with E-state index in [1.807, 2.05) is 25.1 Å². The molecule has 1 heterocycles. The summed E-state index contributed by atoms with van der Waals surface area (Å²) in [5.74, 6) is -2.42. The van der Waals surface area contributed by atoms with E-state index in [-0.39, 0.29) is 42.6 Å². The second-order valence-electron chi connectivity index (χ2n) is 7.41. The zero-order valence-electron chi connectivity index (χ0n) is 17.8. The number of halogens is 4. The number of nitrogens with zero attached hydrogens (tertiary/aromatic N) is 1. The lowest BCUT2D eigenvalue weighted by Crippen LogP contribution is -2.32. The molecule has 3 aromatic carbocycles. The molecule has 178 valence electrons. The lowest BCUT2D eigenvalue weighted by atomic mass is 9.96. The monoisotopic (exact) mass is 507 g/mol. The molecule has 34 heavy (non-hydrogen) atoms. The smallest absolute Gasteiger partial charge is 0.271 e. The van der Waals surface area contributed by atoms with Crippen LogP contribution in [0.15, 0.2) is 76.6 Å². The van der Waals surface area contributed by atoms with Crippen LogP contribution >= 0.6 is 24.8 Å². The fourth-order valence-electron chi connectivity index (χ4n) is 3.50. The zero-order valence-corrected chi connectivity index (χ0v) is 19.4. The molecule has 0 amide bonds. The average Bonchev–Trinajstić information content (AvgIpc) is 2.82. The maximum absolute atomic E-state index is 13.7. The summed E-state index contributed by atoms with van der Waals surface area (Å²) in [4.78, 5) is 27.0. The molecule has 0 aliphatic carbocycles. The molecular weight excluding hydrogens is 487 g/mol. The van der Waals surface area contributed by atoms with Crippen molar-refractivity contribution in [1.82, 2.24) is 10.3 Å². The molecule has 0 bridgehead atoms. The third kappa shape index (κ3) is 5.41. The second kappa shape index (κ2) is 11.2. The van der Waals surface area contributed by atoms with E-state index in [1.54, 1.807) is 30.6 Å². The number of aromatic nitrogens is 1. The maximum atomic E-state index is 13.7. The number of nitrogens with one attached hydrogen (secondary N) is 2. The van der Waals surface area contributed by atoms with Crippen molar-refractivity contribution in [2.75, 3.05) is 5.32 Å². The van der Waals surface area contributed by atoms with E-state index in [9.17, 15) is 23.5 Å². The average molecular weight is 508 g/mol. The van der Waals surface area contributed by atoms with Gasteiger partial charge < -0.3 is 10.4 Å². The van der Waals surface area contributed by atoms with Crippen LogP contribution in [0.5, 0.6) is 5.75 Å². The van der Waals surface area contributed by atoms with Crippen LogP contribution in [-0.4, -0.2) is 10.1 Å². The molecule has 4 aromatic rings. The van der Waals surface area contributed by atoms with Crippen molar-refractivity contribution in [3.8, 4) is 5.75 Å². The Kier molecular flexibility index (Phi) is 8.86. The summed E-state index contributed by atoms with van der Waals surface area (Å²) in [5.41, 5.74) is 0.925. The van der Waals surface area contributed by atoms with Gasteiger partial charge in [0.05, 0.1) is 6.04 Å². The molecule has 1 aromatic heterocycles. The second-order valence-corrected chi connectivity index (χ2v) is 7.41. The molecule has 2 atom stereocenters. The van der Waals surface area contributed by atoms with Crippen molar-refractivity contribution < 1.29 is 13.9 Å². The number of benzene rings is 2. The Morgan fingerprint density at radius 3 is 2.21 bits per heavy atom. The number of rotatable bonds is 7. The van der Waals surface area contributed by atoms with Crippen LogP contribution in [0.2, 0.25) is 0 Å². The predicted octanol–water partition coefficient (Wildman–Crippen LogP) is 4.69. The van der Waals surface area contributed by atoms with Gasteiger partial charge in [0.15, 0.2) is 17.4 Å². The van der Waals surface area contributed by atoms with Gasteiger partial charge >= 0.3 is 0 Å². The van der Waals surface area contributed by atoms with Gasteiger partial charge in [-0.25, -0.2) is 8.78 Å². The normalized spacial score (nSPS) is 12.3. The van der Waals surface area contributed by atoms with Crippen LogP contribution in [0.3, 0.4) is 0 Å². The first-order chi connectivity index (χ1) is 15.3. The van der Waals surface area contributed by atoms with Gasteiger partial charge in [-0.05, 0) is 60.0 Å². The van der Waals surface area contributed by atoms with E-state index in [2.05, 4.69) is 15.6 Å². The highest BCUT2D eigenvalue weighted by molar-refractivity contribution is 5.85. The molecule has 2 unspecified atom stereocenters. The molecule has 0 fully saturated rings. The summed E-state index contributed by atoms with van der Waals surface area (Å²) >= 11 is 0. The summed E-state index contributed by atoms with van der Waals surface area (Å²) < 4.78 is 27.1. The van der Waals surface area contributed by atoms with Gasteiger partial charge in [0.2, 0.25) is 0 Å². The third-order valence-electron chi connectivity index (χ3n) is 5.27. The van der Waals surface area contributed by atoms with Crippen molar-refractivity contribution in [2.45, 2.75) is 19.0 Å². The third-order valence-corrected chi connectivity index (χ3v) is 5.27. The van der Waals surface area contributed by atoms with Gasteiger partial charge in [-0.15, -0.1) is 24.8 Å². The number of aromatic hydroxyl groups is 1. The first-order valence-corrected chi connectivity index (χ1v) is 9.85. The van der Waals surface area contributed by atoms with Crippen LogP contribution in [0.1, 0.15) is 35.7 Å². The molecule has 4 rings (SSSR count). The molecule has 6 nitrogen and oxygen atoms in total. The van der Waals surface area contributed by atoms with Crippen molar-refractivity contribution in [3.05, 3.63) is 116 Å². The molecule has 0 saturated heterocycles. The standard InChI is InChI=1S/C24H19F2N3O3.2ClH/c1-13(15-5-6-18(25)19(26)12-15)28-20(14-7-9-27-10-8-14)16-3-2-4-17(11-16)29-21-22(30)24(32)23(21)31;;/h2-13,20,28-30H,1H3;2*1H. The lowest BCUT2D eigenvalue weighted by Gasteiger charge is -2.25. The maximum Gasteiger partial charge on any atom is 0.271 e. The minimum absolute atomic E-state index is 0. The Labute approximate surface area is 206 Å². The van der Waals surface area contributed by atoms with Gasteiger partial charge in [0.1, 0.15) is 5.69 Å². The Morgan fingerprint density at radius 1 is 0.853 bits per heavy atom. The lowest BCUT2D eigenvalue weighted by molar-refractivity contribution is 0.466. The van der Waals surface area contributed by atoms with Crippen molar-refractivity contribution >= 4 is 36.2 Å². The Morgan fingerprint density at radius 2 is 1.56 bits per heavy atom. The first kappa shape index (κ1) is 26.9. The van der Waals surface area contributed by atoms with Crippen LogP contribution < -0.4 is 21.5 Å². The summed E-state index contributed by atoms with van der Waals surface area (Å²) in [7, 11) is 0. The van der Waals surface area contributed by atoms with Gasteiger partial charge in [-0.2, -0.15) is 0 Å². The fourth-order valence-corrected chi connectivity index (χ4v) is 3.50. The summed E-state index contributed by atoms with van der Waals surface area (Å²) in [6.45, 7) is 1.84. The van der Waals surface area contributed by atoms with Crippen LogP contribution in [-0.2, 0) is 0 Å². The van der Waals surface area contributed by atoms with Crippen LogP contribution in [0.4, 0.5) is 20.2 Å².